The monoisotopic (exact) mass is 305 g/mol. The number of hydrogen-bond donors (Lipinski definition) is 0. The molecule has 90 valence electrons. The lowest BCUT2D eigenvalue weighted by Crippen LogP contribution is -2.30. The van der Waals surface area contributed by atoms with Gasteiger partial charge in [-0.05, 0) is 35.8 Å². The summed E-state index contributed by atoms with van der Waals surface area (Å²) in [6.07, 6.45) is 0.0910. The third kappa shape index (κ3) is 4.63. The Balaban J connectivity index is 2.39. The van der Waals surface area contributed by atoms with Crippen LogP contribution >= 0.6 is 27.3 Å². The first-order valence-electron chi connectivity index (χ1n) is 5.07. The first-order valence-corrected chi connectivity index (χ1v) is 6.74. The zero-order chi connectivity index (χ0) is 12.1. The van der Waals surface area contributed by atoms with E-state index >= 15 is 0 Å². The molecular formula is C11H16BrNO2S. The summed E-state index contributed by atoms with van der Waals surface area (Å²) in [4.78, 5) is 14.5. The van der Waals surface area contributed by atoms with Crippen LogP contribution in [-0.2, 0) is 16.1 Å². The fourth-order valence-corrected chi connectivity index (χ4v) is 2.61. The molecule has 0 N–H and O–H groups in total. The van der Waals surface area contributed by atoms with E-state index in [1.165, 1.54) is 0 Å². The summed E-state index contributed by atoms with van der Waals surface area (Å²) >= 11 is 5.03. The van der Waals surface area contributed by atoms with E-state index in [-0.39, 0.29) is 18.6 Å². The molecular weight excluding hydrogens is 290 g/mol. The lowest BCUT2D eigenvalue weighted by molar-refractivity contribution is -0.136. The van der Waals surface area contributed by atoms with Crippen molar-refractivity contribution in [2.45, 2.75) is 26.5 Å². The minimum atomic E-state index is 0.0122. The molecule has 1 aromatic rings. The van der Waals surface area contributed by atoms with Gasteiger partial charge in [-0.15, -0.1) is 11.3 Å². The third-order valence-electron chi connectivity index (χ3n) is 1.98. The average molecular weight is 306 g/mol. The van der Waals surface area contributed by atoms with Gasteiger partial charge in [0.15, 0.2) is 0 Å². The normalized spacial score (nSPS) is 10.8. The Morgan fingerprint density at radius 3 is 2.81 bits per heavy atom. The highest BCUT2D eigenvalue weighted by Gasteiger charge is 2.11. The molecule has 1 aromatic heterocycles. The molecule has 0 aliphatic heterocycles. The van der Waals surface area contributed by atoms with Gasteiger partial charge in [0.05, 0.1) is 12.6 Å². The van der Waals surface area contributed by atoms with Crippen LogP contribution in [0.3, 0.4) is 0 Å². The highest BCUT2D eigenvalue weighted by Crippen LogP contribution is 2.20. The first-order chi connectivity index (χ1) is 7.49. The van der Waals surface area contributed by atoms with Gasteiger partial charge in [-0.1, -0.05) is 0 Å². The maximum atomic E-state index is 11.7. The van der Waals surface area contributed by atoms with Crippen LogP contribution in [0.2, 0.25) is 0 Å². The van der Waals surface area contributed by atoms with Gasteiger partial charge in [-0.25, -0.2) is 0 Å². The molecule has 1 amide bonds. The van der Waals surface area contributed by atoms with Crippen LogP contribution < -0.4 is 0 Å². The molecule has 0 atom stereocenters. The fourth-order valence-electron chi connectivity index (χ4n) is 1.11. The highest BCUT2D eigenvalue weighted by atomic mass is 79.9. The number of amides is 1. The standard InChI is InChI=1S/C11H16BrNO2S/c1-8(2)15-6-11(14)13(3)5-10-4-9(12)7-16-10/h4,7-8H,5-6H2,1-3H3. The average Bonchev–Trinajstić information content (AvgIpc) is 2.60. The molecule has 16 heavy (non-hydrogen) atoms. The van der Waals surface area contributed by atoms with Gasteiger partial charge < -0.3 is 9.64 Å². The lowest BCUT2D eigenvalue weighted by atomic mass is 10.4. The van der Waals surface area contributed by atoms with Crippen LogP contribution in [-0.4, -0.2) is 30.6 Å². The number of halogens is 1. The number of likely N-dealkylation sites (N-methyl/N-ethyl adjacent to an activating group) is 1. The summed E-state index contributed by atoms with van der Waals surface area (Å²) in [5.41, 5.74) is 0. The first kappa shape index (κ1) is 13.7. The van der Waals surface area contributed by atoms with Gasteiger partial charge in [0.25, 0.3) is 0 Å². The van der Waals surface area contributed by atoms with Gasteiger partial charge in [-0.2, -0.15) is 0 Å². The molecule has 0 aromatic carbocycles. The van der Waals surface area contributed by atoms with E-state index in [4.69, 9.17) is 4.74 Å². The summed E-state index contributed by atoms with van der Waals surface area (Å²) < 4.78 is 6.33. The summed E-state index contributed by atoms with van der Waals surface area (Å²) in [5, 5.41) is 2.01. The van der Waals surface area contributed by atoms with E-state index in [0.717, 1.165) is 9.35 Å². The molecule has 0 fully saturated rings. The van der Waals surface area contributed by atoms with Crippen molar-refractivity contribution in [3.63, 3.8) is 0 Å². The Morgan fingerprint density at radius 2 is 2.31 bits per heavy atom. The van der Waals surface area contributed by atoms with Crippen molar-refractivity contribution in [3.05, 3.63) is 20.8 Å². The Bertz CT molecular complexity index is 352. The van der Waals surface area contributed by atoms with Crippen LogP contribution in [0.4, 0.5) is 0 Å². The Morgan fingerprint density at radius 1 is 1.62 bits per heavy atom. The smallest absolute Gasteiger partial charge is 0.248 e. The molecule has 1 rings (SSSR count). The van der Waals surface area contributed by atoms with Crippen molar-refractivity contribution in [2.24, 2.45) is 0 Å². The molecule has 0 unspecified atom stereocenters. The Hall–Kier alpha value is -0.390. The number of hydrogen-bond acceptors (Lipinski definition) is 3. The summed E-state index contributed by atoms with van der Waals surface area (Å²) in [6.45, 7) is 4.63. The Kier molecular flexibility index (Phi) is 5.44. The van der Waals surface area contributed by atoms with Crippen molar-refractivity contribution < 1.29 is 9.53 Å². The molecule has 0 aliphatic rings. The minimum Gasteiger partial charge on any atom is -0.369 e. The SMILES string of the molecule is CC(C)OCC(=O)N(C)Cc1cc(Br)cs1. The molecule has 0 spiro atoms. The van der Waals surface area contributed by atoms with Crippen LogP contribution in [0.15, 0.2) is 15.9 Å². The molecule has 0 radical (unpaired) electrons. The maximum absolute atomic E-state index is 11.7. The molecule has 0 saturated carbocycles. The number of ether oxygens (including phenoxy) is 1. The van der Waals surface area contributed by atoms with Gasteiger partial charge in [0, 0.05) is 21.8 Å². The topological polar surface area (TPSA) is 29.5 Å². The number of nitrogens with zero attached hydrogens (tertiary/aromatic N) is 1. The van der Waals surface area contributed by atoms with Crippen LogP contribution in [0.5, 0.6) is 0 Å². The van der Waals surface area contributed by atoms with E-state index < -0.39 is 0 Å². The predicted molar refractivity (Wildman–Crippen MR) is 69.6 cm³/mol. The summed E-state index contributed by atoms with van der Waals surface area (Å²) in [6, 6.07) is 2.03. The molecule has 3 nitrogen and oxygen atoms in total. The highest BCUT2D eigenvalue weighted by molar-refractivity contribution is 9.10. The number of rotatable bonds is 5. The second-order valence-corrected chi connectivity index (χ2v) is 5.75. The van der Waals surface area contributed by atoms with Crippen molar-refractivity contribution in [2.75, 3.05) is 13.7 Å². The Labute approximate surface area is 109 Å². The van der Waals surface area contributed by atoms with Gasteiger partial charge >= 0.3 is 0 Å². The lowest BCUT2D eigenvalue weighted by Gasteiger charge is -2.17. The van der Waals surface area contributed by atoms with Crippen LogP contribution in [0.1, 0.15) is 18.7 Å². The molecule has 5 heteroatoms. The molecule has 1 heterocycles. The number of carbonyl (C=O) groups is 1. The molecule has 0 bridgehead atoms. The van der Waals surface area contributed by atoms with Crippen LogP contribution in [0, 0.1) is 0 Å². The number of thiophene rings is 1. The second kappa shape index (κ2) is 6.37. The van der Waals surface area contributed by atoms with E-state index in [9.17, 15) is 4.79 Å². The largest absolute Gasteiger partial charge is 0.369 e. The second-order valence-electron chi connectivity index (χ2n) is 3.84. The van der Waals surface area contributed by atoms with E-state index in [1.807, 2.05) is 25.3 Å². The van der Waals surface area contributed by atoms with Crippen LogP contribution in [0.25, 0.3) is 0 Å². The summed E-state index contributed by atoms with van der Waals surface area (Å²) in [7, 11) is 1.79. The van der Waals surface area contributed by atoms with Gasteiger partial charge in [0.1, 0.15) is 6.61 Å². The zero-order valence-electron chi connectivity index (χ0n) is 9.70. The van der Waals surface area contributed by atoms with Gasteiger partial charge in [0.2, 0.25) is 5.91 Å². The minimum absolute atomic E-state index is 0.0122. The number of carbonyl (C=O) groups excluding carboxylic acids is 1. The predicted octanol–water partition coefficient (Wildman–Crippen LogP) is 2.89. The molecule has 0 aliphatic carbocycles. The van der Waals surface area contributed by atoms with Gasteiger partial charge in [-0.3, -0.25) is 4.79 Å². The fraction of sp³-hybridized carbons (Fsp3) is 0.545. The summed E-state index contributed by atoms with van der Waals surface area (Å²) in [5.74, 6) is 0.0122. The van der Waals surface area contributed by atoms with Crippen molar-refractivity contribution in [3.8, 4) is 0 Å². The molecule has 0 saturated heterocycles. The maximum Gasteiger partial charge on any atom is 0.248 e. The van der Waals surface area contributed by atoms with E-state index in [2.05, 4.69) is 15.9 Å². The van der Waals surface area contributed by atoms with E-state index in [1.54, 1.807) is 23.3 Å². The van der Waals surface area contributed by atoms with Crippen molar-refractivity contribution in [1.82, 2.24) is 4.90 Å². The van der Waals surface area contributed by atoms with Crippen molar-refractivity contribution >= 4 is 33.2 Å². The van der Waals surface area contributed by atoms with Crippen molar-refractivity contribution in [1.29, 1.82) is 0 Å². The third-order valence-corrected chi connectivity index (χ3v) is 3.66. The quantitative estimate of drug-likeness (QED) is 0.837. The zero-order valence-corrected chi connectivity index (χ0v) is 12.1. The van der Waals surface area contributed by atoms with E-state index in [0.29, 0.717) is 6.54 Å².